The zero-order valence-corrected chi connectivity index (χ0v) is 19.5. The number of nitrogens with zero attached hydrogens (tertiary/aromatic N) is 1. The van der Waals surface area contributed by atoms with Crippen LogP contribution in [-0.2, 0) is 4.74 Å². The molecule has 0 bridgehead atoms. The van der Waals surface area contributed by atoms with Crippen LogP contribution in [0.15, 0.2) is 71.2 Å². The first kappa shape index (κ1) is 21.4. The lowest BCUT2D eigenvalue weighted by Gasteiger charge is -2.13. The molecule has 6 nitrogen and oxygen atoms in total. The highest BCUT2D eigenvalue weighted by molar-refractivity contribution is 14.1. The van der Waals surface area contributed by atoms with Crippen molar-refractivity contribution in [2.75, 3.05) is 11.5 Å². The summed E-state index contributed by atoms with van der Waals surface area (Å²) >= 11 is 5.42. The van der Waals surface area contributed by atoms with E-state index in [1.54, 1.807) is 48.5 Å². The summed E-state index contributed by atoms with van der Waals surface area (Å²) < 4.78 is 6.91. The predicted octanol–water partition coefficient (Wildman–Crippen LogP) is 4.89. The number of carbonyl (C=O) groups excluding carboxylic acids is 4. The minimum Gasteiger partial charge on any atom is -0.454 e. The van der Waals surface area contributed by atoms with Gasteiger partial charge in [0.2, 0.25) is 0 Å². The highest BCUT2D eigenvalue weighted by atomic mass is 127. The van der Waals surface area contributed by atoms with Crippen LogP contribution in [0.3, 0.4) is 0 Å². The monoisotopic (exact) mass is 589 g/mol. The van der Waals surface area contributed by atoms with Crippen molar-refractivity contribution in [2.24, 2.45) is 0 Å². The van der Waals surface area contributed by atoms with Crippen LogP contribution in [0.25, 0.3) is 0 Å². The number of amides is 2. The number of ketones is 1. The van der Waals surface area contributed by atoms with Crippen molar-refractivity contribution in [1.29, 1.82) is 0 Å². The van der Waals surface area contributed by atoms with Gasteiger partial charge in [0.05, 0.1) is 22.4 Å². The highest BCUT2D eigenvalue weighted by Crippen LogP contribution is 2.29. The van der Waals surface area contributed by atoms with Crippen molar-refractivity contribution in [3.8, 4) is 0 Å². The van der Waals surface area contributed by atoms with Crippen molar-refractivity contribution >= 4 is 67.8 Å². The fraction of sp³-hybridized carbons (Fsp3) is 0.0435. The Balaban J connectivity index is 1.50. The Labute approximate surface area is 199 Å². The van der Waals surface area contributed by atoms with E-state index in [9.17, 15) is 19.2 Å². The molecule has 1 heterocycles. The third-order valence-electron chi connectivity index (χ3n) is 4.71. The molecule has 0 fully saturated rings. The van der Waals surface area contributed by atoms with Crippen LogP contribution in [-0.4, -0.2) is 30.2 Å². The molecule has 154 valence electrons. The maximum atomic E-state index is 12.8. The zero-order valence-electron chi connectivity index (χ0n) is 15.8. The van der Waals surface area contributed by atoms with E-state index < -0.39 is 24.4 Å². The number of esters is 1. The number of fused-ring (bicyclic) bond motifs is 1. The second-order valence-electron chi connectivity index (χ2n) is 6.69. The van der Waals surface area contributed by atoms with Gasteiger partial charge in [-0.05, 0) is 77.2 Å². The number of halogens is 2. The number of hydrogen-bond donors (Lipinski definition) is 0. The maximum Gasteiger partial charge on any atom is 0.338 e. The number of benzene rings is 3. The van der Waals surface area contributed by atoms with Gasteiger partial charge in [0.1, 0.15) is 0 Å². The quantitative estimate of drug-likeness (QED) is 0.183. The van der Waals surface area contributed by atoms with Gasteiger partial charge in [-0.1, -0.05) is 28.1 Å². The molecule has 3 aromatic carbocycles. The van der Waals surface area contributed by atoms with Gasteiger partial charge in [0.25, 0.3) is 11.8 Å². The van der Waals surface area contributed by atoms with Crippen molar-refractivity contribution in [2.45, 2.75) is 0 Å². The number of imide groups is 1. The summed E-state index contributed by atoms with van der Waals surface area (Å²) in [6.07, 6.45) is 0. The summed E-state index contributed by atoms with van der Waals surface area (Å²) in [5, 5.41) is 0. The number of carbonyl (C=O) groups is 4. The summed E-state index contributed by atoms with van der Waals surface area (Å²) in [5.41, 5.74) is 1.30. The molecule has 1 aliphatic rings. The SMILES string of the molecule is O=C(COC(=O)c1ccc2c(c1)C(=O)N(c1ccc(I)cc1)C2=O)c1ccc(Br)cc1. The summed E-state index contributed by atoms with van der Waals surface area (Å²) in [4.78, 5) is 51.2. The Kier molecular flexibility index (Phi) is 6.01. The Bertz CT molecular complexity index is 1220. The molecule has 0 saturated heterocycles. The molecule has 0 N–H and O–H groups in total. The normalized spacial score (nSPS) is 12.6. The van der Waals surface area contributed by atoms with Crippen molar-refractivity contribution in [3.05, 3.63) is 97.0 Å². The van der Waals surface area contributed by atoms with E-state index in [2.05, 4.69) is 38.5 Å². The lowest BCUT2D eigenvalue weighted by Crippen LogP contribution is -2.29. The smallest absolute Gasteiger partial charge is 0.338 e. The highest BCUT2D eigenvalue weighted by Gasteiger charge is 2.37. The van der Waals surface area contributed by atoms with E-state index in [-0.39, 0.29) is 22.5 Å². The van der Waals surface area contributed by atoms with Gasteiger partial charge in [-0.15, -0.1) is 0 Å². The van der Waals surface area contributed by atoms with Crippen LogP contribution in [0.2, 0.25) is 0 Å². The molecule has 0 spiro atoms. The second kappa shape index (κ2) is 8.72. The van der Waals surface area contributed by atoms with E-state index in [0.717, 1.165) is 12.9 Å². The van der Waals surface area contributed by atoms with Crippen LogP contribution >= 0.6 is 38.5 Å². The molecule has 0 unspecified atom stereocenters. The molecular formula is C23H13BrINO5. The summed E-state index contributed by atoms with van der Waals surface area (Å²) in [6, 6.07) is 17.8. The van der Waals surface area contributed by atoms with Gasteiger partial charge in [-0.3, -0.25) is 14.4 Å². The van der Waals surface area contributed by atoms with Crippen LogP contribution in [0, 0.1) is 3.57 Å². The van der Waals surface area contributed by atoms with Crippen molar-refractivity contribution < 1.29 is 23.9 Å². The predicted molar refractivity (Wildman–Crippen MR) is 125 cm³/mol. The molecule has 1 aliphatic heterocycles. The minimum absolute atomic E-state index is 0.0907. The van der Waals surface area contributed by atoms with Crippen LogP contribution in [0.1, 0.15) is 41.4 Å². The first-order chi connectivity index (χ1) is 14.8. The van der Waals surface area contributed by atoms with Gasteiger partial charge in [0, 0.05) is 13.6 Å². The molecule has 0 radical (unpaired) electrons. The second-order valence-corrected chi connectivity index (χ2v) is 8.85. The molecule has 8 heteroatoms. The summed E-state index contributed by atoms with van der Waals surface area (Å²) in [6.45, 7) is -0.431. The first-order valence-electron chi connectivity index (χ1n) is 9.09. The number of rotatable bonds is 5. The average Bonchev–Trinajstić information content (AvgIpc) is 3.02. The Morgan fingerprint density at radius 1 is 0.839 bits per heavy atom. The molecule has 0 atom stereocenters. The number of Topliss-reactive ketones (excluding diaryl/α,β-unsaturated/α-hetero) is 1. The molecule has 31 heavy (non-hydrogen) atoms. The van der Waals surface area contributed by atoms with E-state index in [0.29, 0.717) is 11.3 Å². The number of ether oxygens (including phenoxy) is 1. The topological polar surface area (TPSA) is 80.8 Å². The largest absolute Gasteiger partial charge is 0.454 e. The molecule has 3 aromatic rings. The maximum absolute atomic E-state index is 12.8. The van der Waals surface area contributed by atoms with E-state index >= 15 is 0 Å². The third kappa shape index (κ3) is 4.31. The Morgan fingerprint density at radius 3 is 2.13 bits per heavy atom. The summed E-state index contributed by atoms with van der Waals surface area (Å²) in [7, 11) is 0. The van der Waals surface area contributed by atoms with Crippen LogP contribution in [0.5, 0.6) is 0 Å². The van der Waals surface area contributed by atoms with E-state index in [4.69, 9.17) is 4.74 Å². The fourth-order valence-electron chi connectivity index (χ4n) is 3.13. The van der Waals surface area contributed by atoms with Gasteiger partial charge < -0.3 is 4.74 Å². The molecule has 2 amide bonds. The average molecular weight is 590 g/mol. The standard InChI is InChI=1S/C23H13BrINO5/c24-15-4-1-13(2-5-15)20(27)12-31-23(30)14-3-10-18-19(11-14)22(29)26(21(18)28)17-8-6-16(25)7-9-17/h1-11H,12H2. The lowest BCUT2D eigenvalue weighted by atomic mass is 10.1. The summed E-state index contributed by atoms with van der Waals surface area (Å²) in [5.74, 6) is -2.06. The molecule has 0 saturated carbocycles. The van der Waals surface area contributed by atoms with Crippen molar-refractivity contribution in [3.63, 3.8) is 0 Å². The first-order valence-corrected chi connectivity index (χ1v) is 11.0. The van der Waals surface area contributed by atoms with Gasteiger partial charge in [0.15, 0.2) is 12.4 Å². The molecule has 4 rings (SSSR count). The zero-order chi connectivity index (χ0) is 22.1. The fourth-order valence-corrected chi connectivity index (χ4v) is 3.75. The Morgan fingerprint density at radius 2 is 1.45 bits per heavy atom. The third-order valence-corrected chi connectivity index (χ3v) is 5.96. The van der Waals surface area contributed by atoms with Gasteiger partial charge in [-0.25, -0.2) is 9.69 Å². The van der Waals surface area contributed by atoms with E-state index in [1.165, 1.54) is 18.2 Å². The Hall–Kier alpha value is -2.85. The minimum atomic E-state index is -0.749. The van der Waals surface area contributed by atoms with Gasteiger partial charge >= 0.3 is 5.97 Å². The number of hydrogen-bond acceptors (Lipinski definition) is 5. The molecule has 0 aliphatic carbocycles. The van der Waals surface area contributed by atoms with Crippen molar-refractivity contribution in [1.82, 2.24) is 0 Å². The van der Waals surface area contributed by atoms with E-state index in [1.807, 2.05) is 0 Å². The lowest BCUT2D eigenvalue weighted by molar-refractivity contribution is 0.0474. The number of anilines is 1. The van der Waals surface area contributed by atoms with Crippen LogP contribution < -0.4 is 4.90 Å². The molecule has 0 aromatic heterocycles. The van der Waals surface area contributed by atoms with Gasteiger partial charge in [-0.2, -0.15) is 0 Å². The molecular weight excluding hydrogens is 577 g/mol. The van der Waals surface area contributed by atoms with Crippen LogP contribution in [0.4, 0.5) is 5.69 Å².